The molecule has 2 aromatic rings. The van der Waals surface area contributed by atoms with Gasteiger partial charge < -0.3 is 5.32 Å². The number of rotatable bonds is 7. The largest absolute Gasteiger partial charge is 0.385 e. The van der Waals surface area contributed by atoms with Gasteiger partial charge in [-0.2, -0.15) is 5.10 Å². The van der Waals surface area contributed by atoms with Crippen LogP contribution in [0.5, 0.6) is 0 Å². The second kappa shape index (κ2) is 6.90. The fourth-order valence-corrected chi connectivity index (χ4v) is 2.43. The molecule has 0 aliphatic carbocycles. The van der Waals surface area contributed by atoms with E-state index < -0.39 is 0 Å². The molecule has 106 valence electrons. The van der Waals surface area contributed by atoms with E-state index in [1.165, 1.54) is 24.2 Å². The van der Waals surface area contributed by atoms with Crippen molar-refractivity contribution in [3.63, 3.8) is 0 Å². The summed E-state index contributed by atoms with van der Waals surface area (Å²) in [4.78, 5) is 14.5. The molecule has 1 aromatic heterocycles. The number of nitrogens with zero attached hydrogens (tertiary/aromatic N) is 3. The van der Waals surface area contributed by atoms with Crippen LogP contribution in [0.25, 0.3) is 0 Å². The summed E-state index contributed by atoms with van der Waals surface area (Å²) < 4.78 is 0. The number of anilines is 1. The number of hydrogen-bond acceptors (Lipinski definition) is 6. The van der Waals surface area contributed by atoms with E-state index >= 15 is 0 Å². The molecule has 0 aliphatic heterocycles. The van der Waals surface area contributed by atoms with Crippen LogP contribution >= 0.6 is 11.8 Å². The van der Waals surface area contributed by atoms with E-state index in [9.17, 15) is 10.1 Å². The number of hydrogen-bond donors (Lipinski definition) is 2. The van der Waals surface area contributed by atoms with Gasteiger partial charge in [0.1, 0.15) is 6.33 Å². The number of benzene rings is 1. The van der Waals surface area contributed by atoms with Crippen molar-refractivity contribution in [2.75, 3.05) is 11.9 Å². The summed E-state index contributed by atoms with van der Waals surface area (Å²) in [6.45, 7) is 2.90. The topological polar surface area (TPSA) is 96.7 Å². The monoisotopic (exact) mass is 293 g/mol. The minimum absolute atomic E-state index is 0.0974. The van der Waals surface area contributed by atoms with Gasteiger partial charge in [-0.3, -0.25) is 15.2 Å². The number of nitrogens with one attached hydrogen (secondary N) is 2. The minimum Gasteiger partial charge on any atom is -0.385 e. The zero-order valence-corrected chi connectivity index (χ0v) is 11.8. The molecule has 2 rings (SSSR count). The molecule has 0 spiro atoms. The van der Waals surface area contributed by atoms with Crippen LogP contribution in [0, 0.1) is 10.1 Å². The minimum atomic E-state index is -0.383. The normalized spacial score (nSPS) is 10.4. The van der Waals surface area contributed by atoms with Gasteiger partial charge in [-0.25, -0.2) is 4.98 Å². The van der Waals surface area contributed by atoms with E-state index in [1.54, 1.807) is 12.1 Å². The maximum Gasteiger partial charge on any atom is 0.269 e. The molecule has 1 aromatic carbocycles. The summed E-state index contributed by atoms with van der Waals surface area (Å²) in [6, 6.07) is 4.87. The first kappa shape index (κ1) is 14.3. The highest BCUT2D eigenvalue weighted by Gasteiger charge is 2.11. The molecule has 0 aliphatic rings. The lowest BCUT2D eigenvalue weighted by Crippen LogP contribution is -2.03. The number of thioether (sulfide) groups is 1. The van der Waals surface area contributed by atoms with Gasteiger partial charge in [0, 0.05) is 30.1 Å². The third-order valence-corrected chi connectivity index (χ3v) is 3.55. The van der Waals surface area contributed by atoms with Crippen LogP contribution in [0.2, 0.25) is 0 Å². The Hall–Kier alpha value is -2.09. The number of aromatic nitrogens is 3. The van der Waals surface area contributed by atoms with Crippen molar-refractivity contribution < 1.29 is 4.92 Å². The molecule has 0 atom stereocenters. The lowest BCUT2D eigenvalue weighted by Gasteiger charge is -2.10. The highest BCUT2D eigenvalue weighted by molar-refractivity contribution is 7.98. The molecule has 2 N–H and O–H groups in total. The van der Waals surface area contributed by atoms with Crippen LogP contribution in [-0.2, 0) is 5.75 Å². The van der Waals surface area contributed by atoms with Crippen molar-refractivity contribution in [2.45, 2.75) is 24.3 Å². The maximum atomic E-state index is 10.9. The smallest absolute Gasteiger partial charge is 0.269 e. The molecule has 0 unspecified atom stereocenters. The Bertz CT molecular complexity index is 573. The molecule has 0 radical (unpaired) electrons. The zero-order chi connectivity index (χ0) is 14.4. The lowest BCUT2D eigenvalue weighted by atomic mass is 10.1. The number of non-ortho nitro benzene ring substituents is 1. The van der Waals surface area contributed by atoms with Gasteiger partial charge in [-0.15, -0.1) is 0 Å². The fraction of sp³-hybridized carbons (Fsp3) is 0.333. The van der Waals surface area contributed by atoms with Crippen LogP contribution in [0.4, 0.5) is 11.4 Å². The van der Waals surface area contributed by atoms with Crippen LogP contribution in [-0.4, -0.2) is 26.6 Å². The van der Waals surface area contributed by atoms with Gasteiger partial charge in [-0.05, 0) is 18.1 Å². The highest BCUT2D eigenvalue weighted by atomic mass is 32.2. The summed E-state index contributed by atoms with van der Waals surface area (Å²) in [6.07, 6.45) is 2.43. The Morgan fingerprint density at radius 1 is 1.50 bits per heavy atom. The van der Waals surface area contributed by atoms with E-state index in [2.05, 4.69) is 27.4 Å². The first-order chi connectivity index (χ1) is 9.70. The van der Waals surface area contributed by atoms with E-state index in [4.69, 9.17) is 0 Å². The average Bonchev–Trinajstić information content (AvgIpc) is 2.96. The third-order valence-electron chi connectivity index (χ3n) is 2.62. The summed E-state index contributed by atoms with van der Waals surface area (Å²) >= 11 is 1.46. The zero-order valence-electron chi connectivity index (χ0n) is 11.0. The summed E-state index contributed by atoms with van der Waals surface area (Å²) in [7, 11) is 0. The van der Waals surface area contributed by atoms with E-state index in [0.717, 1.165) is 24.2 Å². The van der Waals surface area contributed by atoms with Crippen molar-refractivity contribution in [3.05, 3.63) is 40.2 Å². The molecule has 0 fully saturated rings. The predicted molar refractivity (Wildman–Crippen MR) is 77.8 cm³/mol. The molecule has 0 bridgehead atoms. The van der Waals surface area contributed by atoms with Gasteiger partial charge in [0.2, 0.25) is 0 Å². The van der Waals surface area contributed by atoms with Crippen molar-refractivity contribution >= 4 is 23.1 Å². The quantitative estimate of drug-likeness (QED) is 0.463. The van der Waals surface area contributed by atoms with Crippen LogP contribution < -0.4 is 5.32 Å². The first-order valence-electron chi connectivity index (χ1n) is 6.20. The van der Waals surface area contributed by atoms with Gasteiger partial charge in [0.05, 0.1) is 4.92 Å². The fourth-order valence-electron chi connectivity index (χ4n) is 1.66. The molecule has 20 heavy (non-hydrogen) atoms. The van der Waals surface area contributed by atoms with Crippen molar-refractivity contribution in [1.82, 2.24) is 15.2 Å². The molecule has 8 heteroatoms. The molecule has 0 amide bonds. The van der Waals surface area contributed by atoms with E-state index in [1.807, 2.05) is 0 Å². The molecule has 1 heterocycles. The molecular weight excluding hydrogens is 278 g/mol. The van der Waals surface area contributed by atoms with E-state index in [0.29, 0.717) is 10.9 Å². The number of aromatic amines is 1. The second-order valence-electron chi connectivity index (χ2n) is 4.10. The summed E-state index contributed by atoms with van der Waals surface area (Å²) in [5.41, 5.74) is 1.90. The maximum absolute atomic E-state index is 10.9. The van der Waals surface area contributed by atoms with Gasteiger partial charge in [0.15, 0.2) is 5.16 Å². The molecule has 0 saturated carbocycles. The van der Waals surface area contributed by atoms with Crippen LogP contribution in [0.1, 0.15) is 18.9 Å². The Balaban J connectivity index is 2.16. The lowest BCUT2D eigenvalue weighted by molar-refractivity contribution is -0.384. The van der Waals surface area contributed by atoms with Crippen molar-refractivity contribution in [3.8, 4) is 0 Å². The standard InChI is InChI=1S/C12H15N5O2S/c1-2-5-13-11-4-3-10(17(18)19)6-9(11)7-20-12-14-8-15-16-12/h3-4,6,8,13H,2,5,7H2,1H3,(H,14,15,16). The third kappa shape index (κ3) is 3.70. The Kier molecular flexibility index (Phi) is 4.94. The summed E-state index contributed by atoms with van der Waals surface area (Å²) in [5, 5.41) is 21.4. The number of nitro benzene ring substituents is 1. The van der Waals surface area contributed by atoms with Gasteiger partial charge in [-0.1, -0.05) is 18.7 Å². The predicted octanol–water partition coefficient (Wildman–Crippen LogP) is 2.83. The Labute approximate surface area is 120 Å². The Morgan fingerprint density at radius 3 is 3.00 bits per heavy atom. The summed E-state index contributed by atoms with van der Waals surface area (Å²) in [5.74, 6) is 0.586. The van der Waals surface area contributed by atoms with Crippen molar-refractivity contribution in [1.29, 1.82) is 0 Å². The van der Waals surface area contributed by atoms with Crippen LogP contribution in [0.15, 0.2) is 29.7 Å². The van der Waals surface area contributed by atoms with Gasteiger partial charge >= 0.3 is 0 Å². The van der Waals surface area contributed by atoms with E-state index in [-0.39, 0.29) is 10.6 Å². The second-order valence-corrected chi connectivity index (χ2v) is 5.07. The first-order valence-corrected chi connectivity index (χ1v) is 7.18. The molecule has 0 saturated heterocycles. The highest BCUT2D eigenvalue weighted by Crippen LogP contribution is 2.28. The number of H-pyrrole nitrogens is 1. The number of nitro groups is 1. The SMILES string of the molecule is CCCNc1ccc([N+](=O)[O-])cc1CSc1ncn[nH]1. The van der Waals surface area contributed by atoms with Crippen molar-refractivity contribution in [2.24, 2.45) is 0 Å². The van der Waals surface area contributed by atoms with Gasteiger partial charge in [0.25, 0.3) is 5.69 Å². The molecular formula is C12H15N5O2S. The molecule has 7 nitrogen and oxygen atoms in total. The van der Waals surface area contributed by atoms with Crippen LogP contribution in [0.3, 0.4) is 0 Å². The Morgan fingerprint density at radius 2 is 2.35 bits per heavy atom. The average molecular weight is 293 g/mol.